The maximum Gasteiger partial charge on any atom is 0.255 e. The minimum atomic E-state index is -0.560. The predicted octanol–water partition coefficient (Wildman–Crippen LogP) is 0.447. The Hall–Kier alpha value is -2.29. The SMILES string of the molecule is NCCN1CCN(Cc2ccc3c(c2)CN(C2CCC(=O)NC2=O)C3=O)CC12CCC2. The molecule has 166 valence electrons. The minimum Gasteiger partial charge on any atom is -0.329 e. The molecule has 4 aliphatic rings. The summed E-state index contributed by atoms with van der Waals surface area (Å²) in [7, 11) is 0. The van der Waals surface area contributed by atoms with E-state index in [9.17, 15) is 14.4 Å². The van der Waals surface area contributed by atoms with Crippen molar-refractivity contribution in [2.24, 2.45) is 5.73 Å². The maximum absolute atomic E-state index is 12.9. The lowest BCUT2D eigenvalue weighted by Gasteiger charge is -2.56. The first-order valence-corrected chi connectivity index (χ1v) is 11.4. The molecule has 3 heterocycles. The molecule has 5 rings (SSSR count). The lowest BCUT2D eigenvalue weighted by molar-refractivity contribution is -0.136. The highest BCUT2D eigenvalue weighted by Gasteiger charge is 2.45. The zero-order valence-corrected chi connectivity index (χ0v) is 17.9. The Balaban J connectivity index is 1.27. The van der Waals surface area contributed by atoms with Gasteiger partial charge in [-0.25, -0.2) is 0 Å². The predicted molar refractivity (Wildman–Crippen MR) is 115 cm³/mol. The van der Waals surface area contributed by atoms with E-state index in [0.717, 1.165) is 38.3 Å². The van der Waals surface area contributed by atoms with Crippen molar-refractivity contribution in [3.05, 3.63) is 34.9 Å². The molecule has 1 aromatic carbocycles. The van der Waals surface area contributed by atoms with Crippen LogP contribution in [0.2, 0.25) is 0 Å². The first-order chi connectivity index (χ1) is 15.0. The Kier molecular flexibility index (Phi) is 5.32. The van der Waals surface area contributed by atoms with Gasteiger partial charge in [0.15, 0.2) is 0 Å². The number of hydrogen-bond donors (Lipinski definition) is 2. The molecule has 1 unspecified atom stereocenters. The molecule has 3 N–H and O–H groups in total. The third-order valence-corrected chi connectivity index (χ3v) is 7.55. The molecular weight excluding hydrogens is 394 g/mol. The first-order valence-electron chi connectivity index (χ1n) is 11.4. The van der Waals surface area contributed by atoms with E-state index in [1.54, 1.807) is 4.90 Å². The Morgan fingerprint density at radius 2 is 2.00 bits per heavy atom. The number of nitrogens with zero attached hydrogens (tertiary/aromatic N) is 3. The van der Waals surface area contributed by atoms with Gasteiger partial charge in [-0.1, -0.05) is 12.1 Å². The molecule has 3 amide bonds. The van der Waals surface area contributed by atoms with E-state index in [2.05, 4.69) is 21.2 Å². The van der Waals surface area contributed by atoms with Crippen LogP contribution in [0.5, 0.6) is 0 Å². The Bertz CT molecular complexity index is 912. The smallest absolute Gasteiger partial charge is 0.255 e. The fraction of sp³-hybridized carbons (Fsp3) is 0.609. The van der Waals surface area contributed by atoms with Crippen LogP contribution in [0, 0.1) is 0 Å². The maximum atomic E-state index is 12.9. The number of piperazine rings is 1. The van der Waals surface area contributed by atoms with Gasteiger partial charge < -0.3 is 10.6 Å². The molecule has 3 fully saturated rings. The van der Waals surface area contributed by atoms with Gasteiger partial charge >= 0.3 is 0 Å². The fourth-order valence-electron chi connectivity index (χ4n) is 5.78. The summed E-state index contributed by atoms with van der Waals surface area (Å²) in [6.45, 7) is 6.16. The molecule has 1 spiro atoms. The third-order valence-electron chi connectivity index (χ3n) is 7.55. The van der Waals surface area contributed by atoms with Crippen molar-refractivity contribution >= 4 is 17.7 Å². The summed E-state index contributed by atoms with van der Waals surface area (Å²) in [5.41, 5.74) is 8.99. The van der Waals surface area contributed by atoms with Crippen molar-refractivity contribution in [1.29, 1.82) is 0 Å². The van der Waals surface area contributed by atoms with E-state index < -0.39 is 6.04 Å². The van der Waals surface area contributed by atoms with Crippen molar-refractivity contribution in [3.63, 3.8) is 0 Å². The summed E-state index contributed by atoms with van der Waals surface area (Å²) in [4.78, 5) is 43.3. The zero-order chi connectivity index (χ0) is 21.6. The number of rotatable bonds is 5. The molecule has 1 aliphatic carbocycles. The molecule has 8 nitrogen and oxygen atoms in total. The molecule has 8 heteroatoms. The van der Waals surface area contributed by atoms with Gasteiger partial charge in [-0.3, -0.25) is 29.5 Å². The standard InChI is InChI=1S/C23H31N5O3/c24-8-9-27-11-10-26(15-23(27)6-1-7-23)13-16-2-3-18-17(12-16)14-28(22(18)31)19-4-5-20(29)25-21(19)30/h2-3,12,19H,1,4-11,13-15,24H2,(H,25,29,30). The first kappa shape index (κ1) is 20.6. The minimum absolute atomic E-state index is 0.111. The van der Waals surface area contributed by atoms with Crippen molar-refractivity contribution in [2.45, 2.75) is 56.8 Å². The molecule has 0 aromatic heterocycles. The average Bonchev–Trinajstić information content (AvgIpc) is 3.04. The van der Waals surface area contributed by atoms with Crippen LogP contribution in [0.15, 0.2) is 18.2 Å². The van der Waals surface area contributed by atoms with Crippen molar-refractivity contribution < 1.29 is 14.4 Å². The number of imide groups is 1. The highest BCUT2D eigenvalue weighted by atomic mass is 16.2. The molecule has 31 heavy (non-hydrogen) atoms. The van der Waals surface area contributed by atoms with E-state index in [4.69, 9.17) is 5.73 Å². The number of nitrogens with two attached hydrogens (primary N) is 1. The molecule has 1 atom stereocenters. The second-order valence-electron chi connectivity index (χ2n) is 9.46. The van der Waals surface area contributed by atoms with Gasteiger partial charge in [0.25, 0.3) is 5.91 Å². The topological polar surface area (TPSA) is 99.0 Å². The van der Waals surface area contributed by atoms with Crippen LogP contribution >= 0.6 is 0 Å². The van der Waals surface area contributed by atoms with Crippen molar-refractivity contribution in [1.82, 2.24) is 20.0 Å². The van der Waals surface area contributed by atoms with Crippen LogP contribution in [0.4, 0.5) is 0 Å². The van der Waals surface area contributed by atoms with Crippen molar-refractivity contribution in [3.8, 4) is 0 Å². The van der Waals surface area contributed by atoms with Gasteiger partial charge in [0.1, 0.15) is 6.04 Å². The van der Waals surface area contributed by atoms with Crippen LogP contribution in [0.25, 0.3) is 0 Å². The second-order valence-corrected chi connectivity index (χ2v) is 9.46. The average molecular weight is 426 g/mol. The van der Waals surface area contributed by atoms with Gasteiger partial charge in [-0.2, -0.15) is 0 Å². The molecule has 2 saturated heterocycles. The number of benzene rings is 1. The molecular formula is C23H31N5O3. The lowest BCUT2D eigenvalue weighted by atomic mass is 9.73. The second kappa shape index (κ2) is 8.00. The molecule has 1 saturated carbocycles. The largest absolute Gasteiger partial charge is 0.329 e. The monoisotopic (exact) mass is 425 g/mol. The van der Waals surface area contributed by atoms with E-state index in [1.165, 1.54) is 24.8 Å². The number of amides is 3. The normalized spacial score (nSPS) is 26.2. The molecule has 0 bridgehead atoms. The summed E-state index contributed by atoms with van der Waals surface area (Å²) >= 11 is 0. The summed E-state index contributed by atoms with van der Waals surface area (Å²) < 4.78 is 0. The number of fused-ring (bicyclic) bond motifs is 1. The number of nitrogens with one attached hydrogen (secondary N) is 1. The van der Waals surface area contributed by atoms with Crippen LogP contribution in [0.3, 0.4) is 0 Å². The Morgan fingerprint density at radius 3 is 2.71 bits per heavy atom. The van der Waals surface area contributed by atoms with E-state index in [0.29, 0.717) is 30.6 Å². The highest BCUT2D eigenvalue weighted by Crippen LogP contribution is 2.40. The molecule has 3 aliphatic heterocycles. The number of carbonyl (C=O) groups excluding carboxylic acids is 3. The summed E-state index contributed by atoms with van der Waals surface area (Å²) in [5.74, 6) is -0.734. The summed E-state index contributed by atoms with van der Waals surface area (Å²) in [5, 5.41) is 2.36. The molecule has 1 aromatic rings. The quantitative estimate of drug-likeness (QED) is 0.665. The van der Waals surface area contributed by atoms with Gasteiger partial charge in [-0.15, -0.1) is 0 Å². The summed E-state index contributed by atoms with van der Waals surface area (Å²) in [6, 6.07) is 5.52. The van der Waals surface area contributed by atoms with Crippen molar-refractivity contribution in [2.75, 3.05) is 32.7 Å². The fourth-order valence-corrected chi connectivity index (χ4v) is 5.78. The summed E-state index contributed by atoms with van der Waals surface area (Å²) in [6.07, 6.45) is 4.48. The van der Waals surface area contributed by atoms with Crippen LogP contribution in [-0.4, -0.2) is 76.7 Å². The van der Waals surface area contributed by atoms with Crippen LogP contribution in [-0.2, 0) is 22.7 Å². The van der Waals surface area contributed by atoms with Crippen LogP contribution < -0.4 is 11.1 Å². The Morgan fingerprint density at radius 1 is 1.16 bits per heavy atom. The van der Waals surface area contributed by atoms with Gasteiger partial charge in [0, 0.05) is 63.3 Å². The molecule has 0 radical (unpaired) electrons. The number of piperidine rings is 1. The van der Waals surface area contributed by atoms with Crippen LogP contribution in [0.1, 0.15) is 53.6 Å². The van der Waals surface area contributed by atoms with Gasteiger partial charge in [0.05, 0.1) is 0 Å². The van der Waals surface area contributed by atoms with Gasteiger partial charge in [0.2, 0.25) is 11.8 Å². The Labute approximate surface area is 182 Å². The lowest BCUT2D eigenvalue weighted by Crippen LogP contribution is -2.65. The van der Waals surface area contributed by atoms with Gasteiger partial charge in [-0.05, 0) is 42.9 Å². The highest BCUT2D eigenvalue weighted by molar-refractivity contribution is 6.05. The number of carbonyl (C=O) groups is 3. The number of hydrogen-bond acceptors (Lipinski definition) is 6. The van der Waals surface area contributed by atoms with E-state index >= 15 is 0 Å². The third kappa shape index (κ3) is 3.66. The zero-order valence-electron chi connectivity index (χ0n) is 17.9. The van der Waals surface area contributed by atoms with E-state index in [1.807, 2.05) is 12.1 Å². The van der Waals surface area contributed by atoms with E-state index in [-0.39, 0.29) is 24.1 Å².